The van der Waals surface area contributed by atoms with Crippen molar-refractivity contribution < 1.29 is 43.3 Å². The summed E-state index contributed by atoms with van der Waals surface area (Å²) in [6, 6.07) is -0.650. The maximum absolute atomic E-state index is 13.8. The third-order valence-corrected chi connectivity index (χ3v) is 11.2. The number of nitrogens with zero attached hydrogens (tertiary/aromatic N) is 1. The van der Waals surface area contributed by atoms with E-state index in [9.17, 15) is 33.9 Å². The summed E-state index contributed by atoms with van der Waals surface area (Å²) in [5.41, 5.74) is -2.06. The Kier molecular flexibility index (Phi) is 7.76. The van der Waals surface area contributed by atoms with Crippen molar-refractivity contribution in [1.82, 2.24) is 4.90 Å². The van der Waals surface area contributed by atoms with E-state index in [1.165, 1.54) is 12.0 Å². The van der Waals surface area contributed by atoms with Gasteiger partial charge in [-0.25, -0.2) is 4.79 Å². The van der Waals surface area contributed by atoms with E-state index in [4.69, 9.17) is 9.47 Å². The van der Waals surface area contributed by atoms with Crippen LogP contribution in [0.2, 0.25) is 0 Å². The van der Waals surface area contributed by atoms with Gasteiger partial charge in [0.05, 0.1) is 13.5 Å². The highest BCUT2D eigenvalue weighted by atomic mass is 16.5. The average molecular weight is 572 g/mol. The van der Waals surface area contributed by atoms with Gasteiger partial charge in [0.1, 0.15) is 17.4 Å². The number of ketones is 3. The minimum absolute atomic E-state index is 0.0198. The molecule has 0 aromatic heterocycles. The van der Waals surface area contributed by atoms with Crippen molar-refractivity contribution in [3.05, 3.63) is 11.6 Å². The summed E-state index contributed by atoms with van der Waals surface area (Å²) in [4.78, 5) is 77.6. The molecule has 5 aliphatic rings. The van der Waals surface area contributed by atoms with Crippen molar-refractivity contribution in [3.63, 3.8) is 0 Å². The Bertz CT molecular complexity index is 1210. The molecular weight excluding hydrogens is 530 g/mol. The number of fused-ring (bicyclic) bond motifs is 5. The molecule has 1 N–H and O–H groups in total. The van der Waals surface area contributed by atoms with E-state index in [0.717, 1.165) is 18.4 Å². The van der Waals surface area contributed by atoms with Gasteiger partial charge in [-0.15, -0.1) is 0 Å². The molecular formula is C31H41NO9. The highest BCUT2D eigenvalue weighted by molar-refractivity contribution is 5.95. The summed E-state index contributed by atoms with van der Waals surface area (Å²) in [6.07, 6.45) is 5.92. The molecule has 3 saturated carbocycles. The van der Waals surface area contributed by atoms with Gasteiger partial charge < -0.3 is 19.5 Å². The number of likely N-dealkylation sites (tertiary alicyclic amines) is 1. The molecule has 224 valence electrons. The van der Waals surface area contributed by atoms with Crippen LogP contribution in [0.15, 0.2) is 11.6 Å². The van der Waals surface area contributed by atoms with E-state index >= 15 is 0 Å². The Morgan fingerprint density at radius 3 is 2.54 bits per heavy atom. The number of allylic oxidation sites excluding steroid dienone is 1. The second-order valence-electron chi connectivity index (χ2n) is 13.2. The molecule has 0 spiro atoms. The van der Waals surface area contributed by atoms with E-state index in [2.05, 4.69) is 6.92 Å². The smallest absolute Gasteiger partial charge is 0.328 e. The molecule has 1 amide bonds. The zero-order valence-electron chi connectivity index (χ0n) is 24.2. The van der Waals surface area contributed by atoms with Crippen LogP contribution in [0.5, 0.6) is 0 Å². The Labute approximate surface area is 240 Å². The summed E-state index contributed by atoms with van der Waals surface area (Å²) in [7, 11) is 1.27. The number of aliphatic hydroxyl groups is 1. The fourth-order valence-corrected chi connectivity index (χ4v) is 8.98. The molecule has 4 fully saturated rings. The van der Waals surface area contributed by atoms with E-state index < -0.39 is 41.4 Å². The first-order valence-corrected chi connectivity index (χ1v) is 14.9. The molecule has 1 heterocycles. The van der Waals surface area contributed by atoms with Gasteiger partial charge in [0.25, 0.3) is 0 Å². The van der Waals surface area contributed by atoms with Crippen molar-refractivity contribution in [3.8, 4) is 0 Å². The number of esters is 2. The zero-order chi connectivity index (χ0) is 29.7. The second-order valence-corrected chi connectivity index (χ2v) is 13.2. The molecule has 41 heavy (non-hydrogen) atoms. The zero-order valence-corrected chi connectivity index (χ0v) is 24.2. The van der Waals surface area contributed by atoms with Crippen molar-refractivity contribution in [2.75, 3.05) is 20.3 Å². The number of hydrogen-bond acceptors (Lipinski definition) is 9. The predicted octanol–water partition coefficient (Wildman–Crippen LogP) is 2.48. The molecule has 10 heteroatoms. The number of carbonyl (C=O) groups excluding carboxylic acids is 6. The summed E-state index contributed by atoms with van der Waals surface area (Å²) >= 11 is 0. The number of amides is 1. The molecule has 0 aromatic rings. The van der Waals surface area contributed by atoms with Gasteiger partial charge in [-0.05, 0) is 68.3 Å². The normalized spacial score (nSPS) is 38.0. The summed E-state index contributed by atoms with van der Waals surface area (Å²) in [5, 5.41) is 11.8. The van der Waals surface area contributed by atoms with E-state index in [-0.39, 0.29) is 66.3 Å². The van der Waals surface area contributed by atoms with Gasteiger partial charge in [0.15, 0.2) is 12.4 Å². The van der Waals surface area contributed by atoms with E-state index in [1.807, 2.05) is 6.92 Å². The Hall–Kier alpha value is -2.88. The van der Waals surface area contributed by atoms with Gasteiger partial charge in [0, 0.05) is 37.1 Å². The van der Waals surface area contributed by atoms with Crippen molar-refractivity contribution in [2.24, 2.45) is 28.6 Å². The van der Waals surface area contributed by atoms with E-state index in [0.29, 0.717) is 38.6 Å². The van der Waals surface area contributed by atoms with Gasteiger partial charge in [-0.3, -0.25) is 24.0 Å². The van der Waals surface area contributed by atoms with Crippen molar-refractivity contribution in [1.29, 1.82) is 0 Å². The maximum Gasteiger partial charge on any atom is 0.328 e. The molecule has 4 unspecified atom stereocenters. The summed E-state index contributed by atoms with van der Waals surface area (Å²) in [5.74, 6) is -2.30. The first kappa shape index (κ1) is 29.6. The van der Waals surface area contributed by atoms with Crippen LogP contribution in [0.3, 0.4) is 0 Å². The highest BCUT2D eigenvalue weighted by Gasteiger charge is 2.68. The molecule has 0 radical (unpaired) electrons. The van der Waals surface area contributed by atoms with Gasteiger partial charge in [-0.2, -0.15) is 0 Å². The third-order valence-electron chi connectivity index (χ3n) is 11.2. The largest absolute Gasteiger partial charge is 0.467 e. The van der Waals surface area contributed by atoms with Crippen LogP contribution < -0.4 is 0 Å². The number of methoxy groups -OCH3 is 1. The molecule has 0 aromatic carbocycles. The molecule has 7 atom stereocenters. The quantitative estimate of drug-likeness (QED) is 0.456. The van der Waals surface area contributed by atoms with Crippen LogP contribution in [0.25, 0.3) is 0 Å². The first-order valence-electron chi connectivity index (χ1n) is 14.9. The minimum atomic E-state index is -1.79. The van der Waals surface area contributed by atoms with Crippen LogP contribution >= 0.6 is 0 Å². The lowest BCUT2D eigenvalue weighted by Gasteiger charge is -2.57. The minimum Gasteiger partial charge on any atom is -0.467 e. The average Bonchev–Trinajstić information content (AvgIpc) is 3.53. The lowest BCUT2D eigenvalue weighted by molar-refractivity contribution is -0.174. The van der Waals surface area contributed by atoms with Gasteiger partial charge in [-0.1, -0.05) is 19.4 Å². The Morgan fingerprint density at radius 2 is 1.80 bits per heavy atom. The van der Waals surface area contributed by atoms with Crippen LogP contribution in [0.4, 0.5) is 0 Å². The number of rotatable bonds is 7. The standard InChI is InChI=1S/C31H41NO9/c1-29-12-10-19(33)15-18(29)6-7-20-21-11-13-31(39,30(21,2)16-23(34)27(20)29)24(35)17-41-26(37)9-8-25(36)32-14-4-5-22(32)28(38)40-3/h15,20-22,27,39H,4-14,16-17H2,1-3H3/t20?,21?,22?,27?,29-,30-,31-/m0/s1. The number of Topliss-reactive ketones (excluding diaryl/α,β-unsaturated/α-hetero) is 2. The molecule has 5 rings (SSSR count). The second kappa shape index (κ2) is 10.7. The monoisotopic (exact) mass is 571 g/mol. The first-order chi connectivity index (χ1) is 19.4. The lowest BCUT2D eigenvalue weighted by atomic mass is 9.46. The summed E-state index contributed by atoms with van der Waals surface area (Å²) < 4.78 is 9.97. The van der Waals surface area contributed by atoms with Crippen molar-refractivity contribution in [2.45, 2.75) is 96.1 Å². The van der Waals surface area contributed by atoms with Crippen LogP contribution in [-0.4, -0.2) is 77.1 Å². The highest BCUT2D eigenvalue weighted by Crippen LogP contribution is 2.66. The number of carbonyl (C=O) groups is 6. The van der Waals surface area contributed by atoms with Crippen LogP contribution in [-0.2, 0) is 38.2 Å². The summed E-state index contributed by atoms with van der Waals surface area (Å²) in [6.45, 7) is 3.70. The SMILES string of the molecule is COC(=O)C1CCCN1C(=O)CCC(=O)OCC(=O)[C@@]1(O)CCC2C3CCC4=CC(=O)CC[C@]4(C)C3C(=O)C[C@@]21C. The fourth-order valence-electron chi connectivity index (χ4n) is 8.98. The topological polar surface area (TPSA) is 144 Å². The molecule has 1 saturated heterocycles. The molecule has 4 aliphatic carbocycles. The molecule has 10 nitrogen and oxygen atoms in total. The maximum atomic E-state index is 13.8. The van der Waals surface area contributed by atoms with Crippen LogP contribution in [0.1, 0.15) is 84.5 Å². The van der Waals surface area contributed by atoms with Gasteiger partial charge >= 0.3 is 11.9 Å². The predicted molar refractivity (Wildman–Crippen MR) is 144 cm³/mol. The van der Waals surface area contributed by atoms with Gasteiger partial charge in [0.2, 0.25) is 11.7 Å². The molecule has 0 bridgehead atoms. The number of ether oxygens (including phenoxy) is 2. The Balaban J connectivity index is 1.20. The third kappa shape index (κ3) is 4.76. The number of hydrogen-bond donors (Lipinski definition) is 1. The van der Waals surface area contributed by atoms with Crippen molar-refractivity contribution >= 4 is 35.2 Å². The fraction of sp³-hybridized carbons (Fsp3) is 0.742. The lowest BCUT2D eigenvalue weighted by Crippen LogP contribution is -2.61. The van der Waals surface area contributed by atoms with E-state index in [1.54, 1.807) is 6.08 Å². The molecule has 1 aliphatic heterocycles. The van der Waals surface area contributed by atoms with Crippen LogP contribution in [0, 0.1) is 28.6 Å². The Morgan fingerprint density at radius 1 is 1.05 bits per heavy atom.